The number of carbonyl (C=O) groups excluding carboxylic acids is 1. The van der Waals surface area contributed by atoms with Crippen molar-refractivity contribution in [2.24, 2.45) is 0 Å². The van der Waals surface area contributed by atoms with E-state index in [2.05, 4.69) is 26.1 Å². The van der Waals surface area contributed by atoms with E-state index in [-0.39, 0.29) is 11.4 Å². The fraction of sp³-hybridized carbons (Fsp3) is 0.900. The highest BCUT2D eigenvalue weighted by molar-refractivity contribution is 7.98. The van der Waals surface area contributed by atoms with Crippen LogP contribution in [0.1, 0.15) is 40.0 Å². The van der Waals surface area contributed by atoms with E-state index in [0.717, 1.165) is 18.6 Å². The molecule has 2 nitrogen and oxygen atoms in total. The van der Waals surface area contributed by atoms with Crippen LogP contribution >= 0.6 is 11.8 Å². The van der Waals surface area contributed by atoms with Crippen LogP contribution in [0.15, 0.2) is 0 Å². The molecule has 13 heavy (non-hydrogen) atoms. The Hall–Kier alpha value is -0.180. The van der Waals surface area contributed by atoms with Crippen LogP contribution in [0.4, 0.5) is 0 Å². The van der Waals surface area contributed by atoms with Crippen LogP contribution in [0.2, 0.25) is 0 Å². The zero-order chi connectivity index (χ0) is 10.3. The molecule has 0 atom stereocenters. The van der Waals surface area contributed by atoms with Crippen LogP contribution in [-0.4, -0.2) is 23.5 Å². The summed E-state index contributed by atoms with van der Waals surface area (Å²) >= 11 is 1.71. The molecule has 1 amide bonds. The Bertz CT molecular complexity index is 157. The van der Waals surface area contributed by atoms with Gasteiger partial charge in [0.15, 0.2) is 0 Å². The van der Waals surface area contributed by atoms with Crippen molar-refractivity contribution in [1.82, 2.24) is 5.32 Å². The SMILES string of the molecule is CCCC(C)(C)NC(=O)CCSC. The lowest BCUT2D eigenvalue weighted by molar-refractivity contribution is -0.122. The first-order valence-electron chi connectivity index (χ1n) is 4.82. The Kier molecular flexibility index (Phi) is 6.21. The third-order valence-electron chi connectivity index (χ3n) is 1.89. The number of thioether (sulfide) groups is 1. The van der Waals surface area contributed by atoms with Gasteiger partial charge in [0.05, 0.1) is 0 Å². The van der Waals surface area contributed by atoms with Crippen LogP contribution in [0.5, 0.6) is 0 Å². The molecular formula is C10H21NOS. The number of nitrogens with one attached hydrogen (secondary N) is 1. The lowest BCUT2D eigenvalue weighted by Gasteiger charge is -2.25. The van der Waals surface area contributed by atoms with E-state index in [1.54, 1.807) is 11.8 Å². The Labute approximate surface area is 85.9 Å². The van der Waals surface area contributed by atoms with Crippen molar-refractivity contribution >= 4 is 17.7 Å². The fourth-order valence-electron chi connectivity index (χ4n) is 1.32. The number of hydrogen-bond acceptors (Lipinski definition) is 2. The highest BCUT2D eigenvalue weighted by Crippen LogP contribution is 2.11. The maximum Gasteiger partial charge on any atom is 0.221 e. The summed E-state index contributed by atoms with van der Waals surface area (Å²) in [6.07, 6.45) is 4.80. The van der Waals surface area contributed by atoms with E-state index in [9.17, 15) is 4.79 Å². The quantitative estimate of drug-likeness (QED) is 0.718. The summed E-state index contributed by atoms with van der Waals surface area (Å²) in [7, 11) is 0. The van der Waals surface area contributed by atoms with Crippen molar-refractivity contribution in [2.45, 2.75) is 45.6 Å². The van der Waals surface area contributed by atoms with Crippen molar-refractivity contribution in [3.63, 3.8) is 0 Å². The highest BCUT2D eigenvalue weighted by Gasteiger charge is 2.18. The maximum atomic E-state index is 11.4. The van der Waals surface area contributed by atoms with E-state index in [1.807, 2.05) is 6.26 Å². The van der Waals surface area contributed by atoms with Crippen molar-refractivity contribution in [1.29, 1.82) is 0 Å². The van der Waals surface area contributed by atoms with E-state index >= 15 is 0 Å². The monoisotopic (exact) mass is 203 g/mol. The van der Waals surface area contributed by atoms with Gasteiger partial charge in [-0.25, -0.2) is 0 Å². The molecule has 0 fully saturated rings. The number of amides is 1. The van der Waals surface area contributed by atoms with Crippen LogP contribution in [0.3, 0.4) is 0 Å². The third kappa shape index (κ3) is 6.94. The molecule has 0 aliphatic rings. The van der Waals surface area contributed by atoms with Gasteiger partial charge >= 0.3 is 0 Å². The van der Waals surface area contributed by atoms with E-state index < -0.39 is 0 Å². The lowest BCUT2D eigenvalue weighted by atomic mass is 9.99. The van der Waals surface area contributed by atoms with Gasteiger partial charge in [-0.3, -0.25) is 4.79 Å². The number of rotatable bonds is 6. The second kappa shape index (κ2) is 6.30. The van der Waals surface area contributed by atoms with Gasteiger partial charge < -0.3 is 5.32 Å². The van der Waals surface area contributed by atoms with Crippen molar-refractivity contribution in [3.8, 4) is 0 Å². The lowest BCUT2D eigenvalue weighted by Crippen LogP contribution is -2.43. The average molecular weight is 203 g/mol. The zero-order valence-corrected chi connectivity index (χ0v) is 9.96. The topological polar surface area (TPSA) is 29.1 Å². The molecule has 0 spiro atoms. The third-order valence-corrected chi connectivity index (χ3v) is 2.50. The second-order valence-electron chi connectivity index (χ2n) is 3.92. The molecule has 0 heterocycles. The second-order valence-corrected chi connectivity index (χ2v) is 4.91. The van der Waals surface area contributed by atoms with E-state index in [1.165, 1.54) is 0 Å². The molecule has 0 saturated heterocycles. The van der Waals surface area contributed by atoms with Gasteiger partial charge in [-0.15, -0.1) is 0 Å². The summed E-state index contributed by atoms with van der Waals surface area (Å²) in [5, 5.41) is 3.04. The summed E-state index contributed by atoms with van der Waals surface area (Å²) < 4.78 is 0. The Morgan fingerprint density at radius 1 is 1.46 bits per heavy atom. The van der Waals surface area contributed by atoms with Crippen molar-refractivity contribution in [3.05, 3.63) is 0 Å². The number of carbonyl (C=O) groups is 1. The zero-order valence-electron chi connectivity index (χ0n) is 9.14. The van der Waals surface area contributed by atoms with Crippen LogP contribution < -0.4 is 5.32 Å². The van der Waals surface area contributed by atoms with E-state index in [4.69, 9.17) is 0 Å². The van der Waals surface area contributed by atoms with Gasteiger partial charge in [0.25, 0.3) is 0 Å². The molecule has 0 unspecified atom stereocenters. The van der Waals surface area contributed by atoms with Crippen LogP contribution in [0, 0.1) is 0 Å². The molecule has 0 aromatic carbocycles. The number of hydrogen-bond donors (Lipinski definition) is 1. The highest BCUT2D eigenvalue weighted by atomic mass is 32.2. The molecular weight excluding hydrogens is 182 g/mol. The maximum absolute atomic E-state index is 11.4. The van der Waals surface area contributed by atoms with Gasteiger partial charge in [-0.05, 0) is 26.5 Å². The molecule has 0 aliphatic heterocycles. The molecule has 0 radical (unpaired) electrons. The Morgan fingerprint density at radius 2 is 2.08 bits per heavy atom. The predicted octanol–water partition coefficient (Wildman–Crippen LogP) is 2.43. The van der Waals surface area contributed by atoms with Gasteiger partial charge in [-0.1, -0.05) is 13.3 Å². The molecule has 0 bridgehead atoms. The first-order valence-corrected chi connectivity index (χ1v) is 6.21. The summed E-state index contributed by atoms with van der Waals surface area (Å²) in [6, 6.07) is 0. The fourth-order valence-corrected chi connectivity index (χ4v) is 1.71. The normalized spacial score (nSPS) is 11.4. The Morgan fingerprint density at radius 3 is 2.54 bits per heavy atom. The molecule has 78 valence electrons. The summed E-state index contributed by atoms with van der Waals surface area (Å²) in [5.74, 6) is 1.08. The minimum atomic E-state index is -0.0375. The molecule has 0 saturated carbocycles. The minimum Gasteiger partial charge on any atom is -0.351 e. The molecule has 0 aromatic rings. The van der Waals surface area contributed by atoms with E-state index in [0.29, 0.717) is 6.42 Å². The summed E-state index contributed by atoms with van der Waals surface area (Å²) in [6.45, 7) is 6.29. The standard InChI is InChI=1S/C10H21NOS/c1-5-7-10(2,3)11-9(12)6-8-13-4/h5-8H2,1-4H3,(H,11,12). The predicted molar refractivity (Wildman–Crippen MR) is 60.1 cm³/mol. The van der Waals surface area contributed by atoms with Gasteiger partial charge in [0.1, 0.15) is 0 Å². The molecule has 0 aromatic heterocycles. The minimum absolute atomic E-state index is 0.0375. The Balaban J connectivity index is 3.75. The molecule has 1 N–H and O–H groups in total. The first kappa shape index (κ1) is 12.8. The summed E-state index contributed by atoms with van der Waals surface area (Å²) in [5.41, 5.74) is -0.0375. The molecule has 0 aliphatic carbocycles. The van der Waals surface area contributed by atoms with Crippen molar-refractivity contribution < 1.29 is 4.79 Å². The molecule has 0 rings (SSSR count). The van der Waals surface area contributed by atoms with Gasteiger partial charge in [0.2, 0.25) is 5.91 Å². The van der Waals surface area contributed by atoms with Crippen molar-refractivity contribution in [2.75, 3.05) is 12.0 Å². The average Bonchev–Trinajstić information content (AvgIpc) is 1.99. The largest absolute Gasteiger partial charge is 0.351 e. The van der Waals surface area contributed by atoms with Crippen LogP contribution in [0.25, 0.3) is 0 Å². The van der Waals surface area contributed by atoms with Gasteiger partial charge in [-0.2, -0.15) is 11.8 Å². The van der Waals surface area contributed by atoms with Crippen LogP contribution in [-0.2, 0) is 4.79 Å². The molecule has 3 heteroatoms. The first-order chi connectivity index (χ1) is 6.02. The van der Waals surface area contributed by atoms with Gasteiger partial charge in [0, 0.05) is 17.7 Å². The smallest absolute Gasteiger partial charge is 0.221 e. The summed E-state index contributed by atoms with van der Waals surface area (Å²) in [4.78, 5) is 11.4.